The van der Waals surface area contributed by atoms with Crippen LogP contribution in [0.25, 0.3) is 98.8 Å². The molecule has 0 atom stereocenters. The summed E-state index contributed by atoms with van der Waals surface area (Å²) in [5.41, 5.74) is -6.48. The molecule has 0 saturated heterocycles. The van der Waals surface area contributed by atoms with Crippen LogP contribution in [-0.2, 0) is 0 Å². The maximum atomic E-state index is 9.83. The van der Waals surface area contributed by atoms with Crippen molar-refractivity contribution < 1.29 is 44.2 Å². The first-order chi connectivity index (χ1) is 36.8. The predicted octanol–water partition coefficient (Wildman–Crippen LogP) is 14.0. The monoisotopic (exact) mass is 665 g/mol. The summed E-state index contributed by atoms with van der Waals surface area (Å²) < 4.78 is 267. The van der Waals surface area contributed by atoms with Crippen molar-refractivity contribution in [2.75, 3.05) is 0 Å². The van der Waals surface area contributed by atoms with Gasteiger partial charge in [-0.3, -0.25) is 0 Å². The Balaban J connectivity index is 1.40. The minimum Gasteiger partial charge on any atom is -0.455 e. The van der Waals surface area contributed by atoms with Crippen molar-refractivity contribution in [2.45, 2.75) is 6.92 Å². The van der Waals surface area contributed by atoms with E-state index in [1.807, 2.05) is 0 Å². The number of para-hydroxylation sites is 1. The van der Waals surface area contributed by atoms with E-state index in [9.17, 15) is 13.7 Å². The molecular formula is C49H32O. The first-order valence-electron chi connectivity index (χ1n) is 29.4. The van der Waals surface area contributed by atoms with Gasteiger partial charge in [0.2, 0.25) is 0 Å². The van der Waals surface area contributed by atoms with E-state index in [0.29, 0.717) is 0 Å². The highest BCUT2D eigenvalue weighted by molar-refractivity contribution is 6.22. The molecule has 0 aliphatic heterocycles. The zero-order chi connectivity index (χ0) is 58.4. The van der Waals surface area contributed by atoms with Gasteiger partial charge in [-0.2, -0.15) is 0 Å². The van der Waals surface area contributed by atoms with Crippen LogP contribution in [0.15, 0.2) is 180 Å². The molecule has 9 aromatic carbocycles. The van der Waals surface area contributed by atoms with Gasteiger partial charge < -0.3 is 4.42 Å². The van der Waals surface area contributed by atoms with Gasteiger partial charge in [-0.25, -0.2) is 0 Å². The molecule has 1 aromatic heterocycles. The summed E-state index contributed by atoms with van der Waals surface area (Å²) in [6.45, 7) is 1.27. The van der Waals surface area contributed by atoms with Crippen LogP contribution in [0, 0.1) is 6.92 Å². The van der Waals surface area contributed by atoms with Gasteiger partial charge in [-0.05, 0) is 90.3 Å². The van der Waals surface area contributed by atoms with Crippen LogP contribution in [0.3, 0.4) is 0 Å². The third kappa shape index (κ3) is 4.41. The molecule has 0 unspecified atom stereocenters. The van der Waals surface area contributed by atoms with E-state index in [4.69, 9.17) is 30.5 Å². The average Bonchev–Trinajstić information content (AvgIpc) is 4.05. The Morgan fingerprint density at radius 3 is 1.44 bits per heavy atom. The first kappa shape index (κ1) is 11.9. The summed E-state index contributed by atoms with van der Waals surface area (Å²) in [4.78, 5) is 0. The van der Waals surface area contributed by atoms with E-state index in [-0.39, 0.29) is 5.56 Å². The largest absolute Gasteiger partial charge is 0.455 e. The van der Waals surface area contributed by atoms with Crippen LogP contribution in [-0.4, -0.2) is 0 Å². The smallest absolute Gasteiger partial charge is 0.143 e. The van der Waals surface area contributed by atoms with Crippen molar-refractivity contribution in [3.63, 3.8) is 0 Å². The molecule has 0 saturated carbocycles. The summed E-state index contributed by atoms with van der Waals surface area (Å²) in [6, 6.07) is -26.0. The Morgan fingerprint density at radius 1 is 0.360 bits per heavy atom. The van der Waals surface area contributed by atoms with Crippen molar-refractivity contribution in [2.24, 2.45) is 0 Å². The molecule has 0 N–H and O–H groups in total. The molecule has 0 amide bonds. The van der Waals surface area contributed by atoms with Crippen LogP contribution in [0.1, 0.15) is 45.3 Å². The predicted molar refractivity (Wildman–Crippen MR) is 213 cm³/mol. The van der Waals surface area contributed by atoms with Gasteiger partial charge in [0.05, 0.1) is 39.8 Å². The topological polar surface area (TPSA) is 13.1 Å². The molecule has 50 heavy (non-hydrogen) atoms. The molecule has 10 aromatic rings. The van der Waals surface area contributed by atoms with Gasteiger partial charge in [0.15, 0.2) is 0 Å². The summed E-state index contributed by atoms with van der Waals surface area (Å²) in [5.74, 6) is 0. The molecule has 0 fully saturated rings. The Bertz CT molecular complexity index is 4460. The minimum atomic E-state index is -1.05. The Morgan fingerprint density at radius 2 is 0.840 bits per heavy atom. The third-order valence-electron chi connectivity index (χ3n) is 8.24. The van der Waals surface area contributed by atoms with Gasteiger partial charge in [0.25, 0.3) is 0 Å². The first-order valence-corrected chi connectivity index (χ1v) is 14.9. The number of hydrogen-bond donors (Lipinski definition) is 0. The number of furan rings is 1. The highest BCUT2D eigenvalue weighted by atomic mass is 16.3. The lowest BCUT2D eigenvalue weighted by Gasteiger charge is -2.18. The molecule has 1 heteroatoms. The van der Waals surface area contributed by atoms with Gasteiger partial charge in [-0.1, -0.05) is 163 Å². The summed E-state index contributed by atoms with van der Waals surface area (Å²) >= 11 is 0. The van der Waals surface area contributed by atoms with Crippen molar-refractivity contribution in [3.05, 3.63) is 181 Å². The SMILES string of the molecule is [2H]c1c([2H])c([2H])c(-c2c([2H])c([2H])c([2H])c3c2oc2c(-c4c([2H])c([2H])c5c([2H])c(-c6c7c([2H])c([2H])c([2H])c([2H])c7c(-c7c([2H])c([2H])c([2H])c([2H])c7[2H])c7c([2H])c([2H])c([2H])c([2H])c67)c([2H])c([2H])c5c4[2H])c(C)c([2H])c([2H])c23)c([2H])c1[2H]. The van der Waals surface area contributed by atoms with Crippen molar-refractivity contribution in [3.8, 4) is 44.5 Å². The second-order valence-electron chi connectivity index (χ2n) is 11.0. The lowest BCUT2D eigenvalue weighted by atomic mass is 9.85. The van der Waals surface area contributed by atoms with Crippen molar-refractivity contribution in [1.29, 1.82) is 0 Å². The number of benzene rings is 9. The van der Waals surface area contributed by atoms with E-state index in [1.165, 1.54) is 6.92 Å². The second kappa shape index (κ2) is 11.3. The molecule has 1 nitrogen and oxygen atoms in total. The quantitative estimate of drug-likeness (QED) is 0.171. The lowest BCUT2D eigenvalue weighted by Crippen LogP contribution is -1.91. The molecule has 1 heterocycles. The fourth-order valence-corrected chi connectivity index (χ4v) is 6.10. The summed E-state index contributed by atoms with van der Waals surface area (Å²) in [6.07, 6.45) is 0. The minimum absolute atomic E-state index is 0.217. The Hall–Kier alpha value is -6.44. The van der Waals surface area contributed by atoms with E-state index in [1.54, 1.807) is 0 Å². The van der Waals surface area contributed by atoms with Crippen LogP contribution >= 0.6 is 0 Å². The zero-order valence-electron chi connectivity index (χ0n) is 54.4. The van der Waals surface area contributed by atoms with Crippen molar-refractivity contribution in [1.82, 2.24) is 0 Å². The number of hydrogen-bond acceptors (Lipinski definition) is 1. The Labute approximate surface area is 331 Å². The van der Waals surface area contributed by atoms with E-state index in [2.05, 4.69) is 0 Å². The summed E-state index contributed by atoms with van der Waals surface area (Å²) in [5, 5.41) is -5.11. The fraction of sp³-hybridized carbons (Fsp3) is 0.0204. The number of fused-ring (bicyclic) bond motifs is 6. The molecule has 0 radical (unpaired) electrons. The van der Waals surface area contributed by atoms with Gasteiger partial charge >= 0.3 is 0 Å². The van der Waals surface area contributed by atoms with Gasteiger partial charge in [-0.15, -0.1) is 0 Å². The standard InChI is InChI=1S/C49H32O/c1-31-23-28-44-43-22-12-21-38(32-13-4-2-5-14-32)48(43)50-49(44)45(31)36-26-24-35-30-37(27-25-34(35)29-36)47-41-19-10-8-17-39(41)46(33-15-6-3-7-16-33)40-18-9-11-20-42(40)47/h2-30H,1H3/i2D,3D,4D,5D,6D,7D,8D,9D,10D,11D,12D,13D,14D,15D,16D,17D,18D,19D,20D,21D,22D,23D,24D,25D,26D,27D,28D,29D,30D. The Kier molecular flexibility index (Phi) is 2.69. The van der Waals surface area contributed by atoms with Crippen LogP contribution < -0.4 is 0 Å². The molecule has 234 valence electrons. The molecule has 0 bridgehead atoms. The highest BCUT2D eigenvalue weighted by Crippen LogP contribution is 2.45. The molecular weight excluding hydrogens is 605 g/mol. The maximum Gasteiger partial charge on any atom is 0.143 e. The van der Waals surface area contributed by atoms with Crippen LogP contribution in [0.2, 0.25) is 0 Å². The second-order valence-corrected chi connectivity index (χ2v) is 11.0. The molecule has 10 rings (SSSR count). The third-order valence-corrected chi connectivity index (χ3v) is 8.24. The van der Waals surface area contributed by atoms with Crippen LogP contribution in [0.4, 0.5) is 0 Å². The van der Waals surface area contributed by atoms with E-state index < -0.39 is 274 Å². The van der Waals surface area contributed by atoms with Crippen molar-refractivity contribution >= 4 is 54.3 Å². The zero-order valence-corrected chi connectivity index (χ0v) is 25.4. The normalized spacial score (nSPS) is 19.8. The fourth-order valence-electron chi connectivity index (χ4n) is 6.10. The van der Waals surface area contributed by atoms with Crippen LogP contribution in [0.5, 0.6) is 0 Å². The highest BCUT2D eigenvalue weighted by Gasteiger charge is 2.19. The number of rotatable bonds is 4. The molecule has 0 aliphatic rings. The van der Waals surface area contributed by atoms with Gasteiger partial charge in [0, 0.05) is 21.9 Å². The summed E-state index contributed by atoms with van der Waals surface area (Å²) in [7, 11) is 0. The van der Waals surface area contributed by atoms with Gasteiger partial charge in [0.1, 0.15) is 11.2 Å². The molecule has 0 spiro atoms. The average molecular weight is 666 g/mol. The van der Waals surface area contributed by atoms with E-state index >= 15 is 0 Å². The lowest BCUT2D eigenvalue weighted by molar-refractivity contribution is 0.671. The molecule has 0 aliphatic carbocycles. The van der Waals surface area contributed by atoms with E-state index in [0.717, 1.165) is 0 Å². The maximum absolute atomic E-state index is 9.83.